The van der Waals surface area contributed by atoms with E-state index in [-0.39, 0.29) is 41.8 Å². The van der Waals surface area contributed by atoms with Crippen LogP contribution in [0.1, 0.15) is 94.9 Å². The van der Waals surface area contributed by atoms with Gasteiger partial charge in [-0.2, -0.15) is 9.97 Å². The minimum atomic E-state index is -1.97. The van der Waals surface area contributed by atoms with E-state index in [1.165, 1.54) is 6.33 Å². The summed E-state index contributed by atoms with van der Waals surface area (Å²) < 4.78 is 14.4. The molecule has 47 heavy (non-hydrogen) atoms. The lowest BCUT2D eigenvalue weighted by Gasteiger charge is -2.59. The van der Waals surface area contributed by atoms with Crippen molar-refractivity contribution in [3.05, 3.63) is 41.2 Å². The minimum Gasteiger partial charge on any atom is -0.463 e. The zero-order valence-corrected chi connectivity index (χ0v) is 30.9. The molecule has 1 fully saturated rings. The Morgan fingerprint density at radius 3 is 2.00 bits per heavy atom. The van der Waals surface area contributed by atoms with Gasteiger partial charge in [-0.3, -0.25) is 4.57 Å². The van der Waals surface area contributed by atoms with Crippen LogP contribution in [0.3, 0.4) is 0 Å². The number of aliphatic hydroxyl groups excluding tert-OH is 1. The first kappa shape index (κ1) is 37.3. The van der Waals surface area contributed by atoms with E-state index < -0.39 is 45.9 Å². The highest BCUT2D eigenvalue weighted by Crippen LogP contribution is 2.65. The van der Waals surface area contributed by atoms with Crippen molar-refractivity contribution in [3.63, 3.8) is 0 Å². The second kappa shape index (κ2) is 12.8. The number of hydrogen-bond donors (Lipinski definition) is 4. The van der Waals surface area contributed by atoms with E-state index in [0.717, 1.165) is 5.56 Å². The fraction of sp³-hybridized carbons (Fsp3) is 0.694. The van der Waals surface area contributed by atoms with Crippen LogP contribution < -0.4 is 10.5 Å². The van der Waals surface area contributed by atoms with Gasteiger partial charge in [-0.25, -0.2) is 4.98 Å². The SMILES string of the molecule is CC(C)C(C)(C)C(O)[C@H]1O[C@@H](n2cnc3c(N)nc(OCCc4ccc(Cl)cc4)nc32)[C@@](O)(C(C)(C)C(C)C)[C@@]1(O)C(C)(C)C(C)C. The van der Waals surface area contributed by atoms with Crippen molar-refractivity contribution in [1.82, 2.24) is 19.5 Å². The molecule has 1 saturated heterocycles. The number of nitrogens with zero attached hydrogens (tertiary/aromatic N) is 4. The molecule has 4 rings (SSSR count). The number of aromatic nitrogens is 4. The quantitative estimate of drug-likeness (QED) is 0.170. The highest BCUT2D eigenvalue weighted by atomic mass is 35.5. The fourth-order valence-electron chi connectivity index (χ4n) is 6.65. The number of ether oxygens (including phenoxy) is 2. The number of rotatable bonds is 12. The van der Waals surface area contributed by atoms with Gasteiger partial charge in [-0.1, -0.05) is 107 Å². The van der Waals surface area contributed by atoms with Crippen molar-refractivity contribution < 1.29 is 24.8 Å². The van der Waals surface area contributed by atoms with E-state index >= 15 is 0 Å². The van der Waals surface area contributed by atoms with Gasteiger partial charge in [0, 0.05) is 22.3 Å². The molecule has 3 aromatic rings. The molecule has 1 aliphatic rings. The van der Waals surface area contributed by atoms with Gasteiger partial charge in [0.05, 0.1) is 19.0 Å². The van der Waals surface area contributed by atoms with E-state index in [1.807, 2.05) is 107 Å². The Morgan fingerprint density at radius 2 is 1.47 bits per heavy atom. The van der Waals surface area contributed by atoms with Gasteiger partial charge < -0.3 is 30.5 Å². The van der Waals surface area contributed by atoms with Crippen LogP contribution in [0.2, 0.25) is 5.02 Å². The van der Waals surface area contributed by atoms with Crippen molar-refractivity contribution in [2.45, 2.75) is 119 Å². The molecule has 0 saturated carbocycles. The van der Waals surface area contributed by atoms with Gasteiger partial charge in [0.15, 0.2) is 23.2 Å². The maximum absolute atomic E-state index is 13.5. The number of benzene rings is 1. The molecular weight excluding hydrogens is 618 g/mol. The number of aliphatic hydroxyl groups is 3. The van der Waals surface area contributed by atoms with Crippen LogP contribution in [0.15, 0.2) is 30.6 Å². The standard InChI is InChI=1S/C36H56ClN5O5/c1-20(2)32(7,8)26(43)27-35(44,33(9,10)21(3)4)36(45,34(11,12)22(5)6)30(47-27)42-19-39-25-28(38)40-31(41-29(25)42)46-18-17-23-13-15-24(37)16-14-23/h13-16,19-22,26-27,30,43-45H,17-18H2,1-12H3,(H2,38,40,41)/t26?,27-,30-,35+,36-/m1/s1. The first-order chi connectivity index (χ1) is 21.6. The number of halogens is 1. The summed E-state index contributed by atoms with van der Waals surface area (Å²) in [4.78, 5) is 13.6. The predicted molar refractivity (Wildman–Crippen MR) is 186 cm³/mol. The van der Waals surface area contributed by atoms with Gasteiger partial charge in [-0.05, 0) is 40.9 Å². The number of anilines is 1. The van der Waals surface area contributed by atoms with Crippen molar-refractivity contribution in [2.75, 3.05) is 12.3 Å². The van der Waals surface area contributed by atoms with Crippen LogP contribution in [0.25, 0.3) is 11.2 Å². The summed E-state index contributed by atoms with van der Waals surface area (Å²) in [5.41, 5.74) is 1.51. The van der Waals surface area contributed by atoms with Crippen LogP contribution >= 0.6 is 11.6 Å². The average molecular weight is 674 g/mol. The third-order valence-electron chi connectivity index (χ3n) is 12.2. The van der Waals surface area contributed by atoms with Gasteiger partial charge in [0.25, 0.3) is 0 Å². The summed E-state index contributed by atoms with van der Waals surface area (Å²) in [5.74, 6) is -0.0927. The van der Waals surface area contributed by atoms with Crippen molar-refractivity contribution >= 4 is 28.6 Å². The van der Waals surface area contributed by atoms with Gasteiger partial charge in [0.2, 0.25) is 0 Å². The Balaban J connectivity index is 1.91. The zero-order chi connectivity index (χ0) is 35.5. The zero-order valence-electron chi connectivity index (χ0n) is 30.2. The molecule has 0 amide bonds. The molecule has 0 radical (unpaired) electrons. The van der Waals surface area contributed by atoms with Crippen molar-refractivity contribution in [1.29, 1.82) is 0 Å². The third-order valence-corrected chi connectivity index (χ3v) is 12.5. The molecule has 0 spiro atoms. The number of nitrogens with two attached hydrogens (primary N) is 1. The van der Waals surface area contributed by atoms with Crippen LogP contribution in [0.4, 0.5) is 5.82 Å². The molecule has 5 N–H and O–H groups in total. The summed E-state index contributed by atoms with van der Waals surface area (Å²) in [6, 6.07) is 7.56. The third kappa shape index (κ3) is 5.82. The molecule has 3 heterocycles. The topological polar surface area (TPSA) is 149 Å². The number of imidazole rings is 1. The molecule has 2 aromatic heterocycles. The van der Waals surface area contributed by atoms with E-state index in [1.54, 1.807) is 4.57 Å². The monoisotopic (exact) mass is 673 g/mol. The molecule has 11 heteroatoms. The van der Waals surface area contributed by atoms with Gasteiger partial charge >= 0.3 is 6.01 Å². The van der Waals surface area contributed by atoms with Crippen molar-refractivity contribution in [3.8, 4) is 6.01 Å². The molecule has 1 aliphatic heterocycles. The summed E-state index contributed by atoms with van der Waals surface area (Å²) in [5, 5.41) is 39.7. The Kier molecular flexibility index (Phi) is 10.1. The van der Waals surface area contributed by atoms with E-state index in [9.17, 15) is 15.3 Å². The Labute approximate surface area is 285 Å². The molecule has 0 bridgehead atoms. The highest BCUT2D eigenvalue weighted by Gasteiger charge is 2.78. The van der Waals surface area contributed by atoms with Crippen LogP contribution in [-0.2, 0) is 11.2 Å². The maximum Gasteiger partial charge on any atom is 0.320 e. The largest absolute Gasteiger partial charge is 0.463 e. The Hall–Kier alpha value is -2.50. The maximum atomic E-state index is 13.5. The summed E-state index contributed by atoms with van der Waals surface area (Å²) in [6.07, 6.45) is -1.45. The van der Waals surface area contributed by atoms with Crippen molar-refractivity contribution in [2.24, 2.45) is 34.0 Å². The normalized spacial score (nSPS) is 25.0. The number of nitrogen functional groups attached to an aromatic ring is 1. The Bertz CT molecular complexity index is 1550. The Morgan fingerprint density at radius 1 is 0.915 bits per heavy atom. The lowest BCUT2D eigenvalue weighted by Crippen LogP contribution is -2.74. The molecule has 10 nitrogen and oxygen atoms in total. The van der Waals surface area contributed by atoms with Gasteiger partial charge in [-0.15, -0.1) is 0 Å². The number of fused-ring (bicyclic) bond motifs is 1. The van der Waals surface area contributed by atoms with E-state index in [4.69, 9.17) is 31.8 Å². The smallest absolute Gasteiger partial charge is 0.320 e. The van der Waals surface area contributed by atoms with E-state index in [2.05, 4.69) is 9.97 Å². The lowest BCUT2D eigenvalue weighted by molar-refractivity contribution is -0.275. The average Bonchev–Trinajstić information content (AvgIpc) is 3.51. The van der Waals surface area contributed by atoms with E-state index in [0.29, 0.717) is 17.0 Å². The molecule has 262 valence electrons. The molecule has 0 aliphatic carbocycles. The van der Waals surface area contributed by atoms with Gasteiger partial charge in [0.1, 0.15) is 17.3 Å². The lowest BCUT2D eigenvalue weighted by atomic mass is 9.49. The summed E-state index contributed by atoms with van der Waals surface area (Å²) in [7, 11) is 0. The van der Waals surface area contributed by atoms with Crippen LogP contribution in [0.5, 0.6) is 6.01 Å². The number of hydrogen-bond acceptors (Lipinski definition) is 9. The molecule has 5 atom stereocenters. The second-order valence-corrected chi connectivity index (χ2v) is 16.5. The highest BCUT2D eigenvalue weighted by molar-refractivity contribution is 6.30. The first-order valence-electron chi connectivity index (χ1n) is 16.7. The molecular formula is C36H56ClN5O5. The van der Waals surface area contributed by atoms with Crippen LogP contribution in [0, 0.1) is 34.0 Å². The summed E-state index contributed by atoms with van der Waals surface area (Å²) >= 11 is 6.03. The molecule has 1 unspecified atom stereocenters. The first-order valence-corrected chi connectivity index (χ1v) is 17.1. The minimum absolute atomic E-state index is 0.0342. The molecule has 1 aromatic carbocycles. The van der Waals surface area contributed by atoms with Crippen LogP contribution in [-0.4, -0.2) is 64.9 Å². The predicted octanol–water partition coefficient (Wildman–Crippen LogP) is 6.45. The fourth-order valence-corrected chi connectivity index (χ4v) is 6.78. The second-order valence-electron chi connectivity index (χ2n) is 16.1. The summed E-state index contributed by atoms with van der Waals surface area (Å²) in [6.45, 7) is 24.1.